The topological polar surface area (TPSA) is 45.2 Å². The van der Waals surface area contributed by atoms with Gasteiger partial charge in [-0.3, -0.25) is 10.1 Å². The molecule has 114 valence electrons. The van der Waals surface area contributed by atoms with Gasteiger partial charge >= 0.3 is 0 Å². The van der Waals surface area contributed by atoms with Crippen LogP contribution in [0, 0.1) is 0 Å². The zero-order chi connectivity index (χ0) is 15.4. The number of rotatable bonds is 6. The smallest absolute Gasteiger partial charge is 0.239 e. The van der Waals surface area contributed by atoms with E-state index in [4.69, 9.17) is 0 Å². The van der Waals surface area contributed by atoms with Gasteiger partial charge in [0.15, 0.2) is 0 Å². The van der Waals surface area contributed by atoms with Gasteiger partial charge in [0.1, 0.15) is 5.01 Å². The zero-order valence-corrected chi connectivity index (χ0v) is 13.9. The van der Waals surface area contributed by atoms with Crippen molar-refractivity contribution in [2.75, 3.05) is 13.1 Å². The lowest BCUT2D eigenvalue weighted by atomic mass is 10.2. The maximum Gasteiger partial charge on any atom is 0.239 e. The Morgan fingerprint density at radius 3 is 2.57 bits per heavy atom. The van der Waals surface area contributed by atoms with Crippen LogP contribution in [0.25, 0.3) is 10.2 Å². The molecule has 0 saturated heterocycles. The number of aromatic nitrogens is 1. The van der Waals surface area contributed by atoms with E-state index < -0.39 is 0 Å². The predicted octanol–water partition coefficient (Wildman–Crippen LogP) is 3.20. The number of hydrogen-bond acceptors (Lipinski definition) is 4. The number of nitrogens with zero attached hydrogens (tertiary/aromatic N) is 2. The van der Waals surface area contributed by atoms with Crippen molar-refractivity contribution in [2.45, 2.75) is 39.8 Å². The minimum atomic E-state index is -0.202. The van der Waals surface area contributed by atoms with Crippen molar-refractivity contribution in [1.29, 1.82) is 0 Å². The molecule has 0 aliphatic heterocycles. The molecule has 0 aliphatic rings. The molecule has 4 nitrogen and oxygen atoms in total. The number of likely N-dealkylation sites (N-methyl/N-ethyl adjacent to an activating group) is 1. The summed E-state index contributed by atoms with van der Waals surface area (Å²) in [5, 5.41) is 4.39. The van der Waals surface area contributed by atoms with Gasteiger partial charge in [-0.15, -0.1) is 11.3 Å². The Kier molecular flexibility index (Phi) is 5.31. The number of benzene rings is 1. The van der Waals surface area contributed by atoms with Crippen LogP contribution in [0.3, 0.4) is 0 Å². The monoisotopic (exact) mass is 305 g/mol. The van der Waals surface area contributed by atoms with Crippen LogP contribution in [-0.4, -0.2) is 34.9 Å². The first-order valence-electron chi connectivity index (χ1n) is 7.47. The highest BCUT2D eigenvalue weighted by Gasteiger charge is 2.21. The first-order valence-corrected chi connectivity index (χ1v) is 8.28. The van der Waals surface area contributed by atoms with Crippen molar-refractivity contribution < 1.29 is 4.79 Å². The lowest BCUT2D eigenvalue weighted by molar-refractivity contribution is -0.132. The third-order valence-electron chi connectivity index (χ3n) is 3.63. The first-order chi connectivity index (χ1) is 10.1. The summed E-state index contributed by atoms with van der Waals surface area (Å²) in [6.45, 7) is 9.48. The highest BCUT2D eigenvalue weighted by atomic mass is 32.1. The normalized spacial score (nSPS) is 14.1. The highest BCUT2D eigenvalue weighted by Crippen LogP contribution is 2.26. The van der Waals surface area contributed by atoms with Gasteiger partial charge in [-0.1, -0.05) is 12.1 Å². The van der Waals surface area contributed by atoms with Crippen molar-refractivity contribution >= 4 is 27.5 Å². The van der Waals surface area contributed by atoms with Gasteiger partial charge in [-0.05, 0) is 39.8 Å². The second kappa shape index (κ2) is 7.00. The van der Waals surface area contributed by atoms with Crippen molar-refractivity contribution in [1.82, 2.24) is 15.2 Å². The Hall–Kier alpha value is -1.46. The van der Waals surface area contributed by atoms with E-state index in [1.165, 1.54) is 4.70 Å². The molecule has 21 heavy (non-hydrogen) atoms. The van der Waals surface area contributed by atoms with Crippen molar-refractivity contribution in [2.24, 2.45) is 0 Å². The average molecular weight is 305 g/mol. The molecule has 2 rings (SSSR count). The van der Waals surface area contributed by atoms with E-state index in [0.717, 1.165) is 23.6 Å². The lowest BCUT2D eigenvalue weighted by Crippen LogP contribution is -2.45. The van der Waals surface area contributed by atoms with Crippen LogP contribution in [0.2, 0.25) is 0 Å². The fourth-order valence-corrected chi connectivity index (χ4v) is 3.38. The van der Waals surface area contributed by atoms with E-state index in [9.17, 15) is 4.79 Å². The van der Waals surface area contributed by atoms with Gasteiger partial charge in [-0.25, -0.2) is 4.98 Å². The maximum absolute atomic E-state index is 12.3. The minimum absolute atomic E-state index is 0.0666. The zero-order valence-electron chi connectivity index (χ0n) is 13.1. The maximum atomic E-state index is 12.3. The molecular formula is C16H23N3OS. The predicted molar refractivity (Wildman–Crippen MR) is 88.6 cm³/mol. The van der Waals surface area contributed by atoms with Crippen LogP contribution in [0.5, 0.6) is 0 Å². The summed E-state index contributed by atoms with van der Waals surface area (Å²) in [5.74, 6) is 0.146. The molecule has 1 aromatic heterocycles. The lowest BCUT2D eigenvalue weighted by Gasteiger charge is -2.25. The Bertz CT molecular complexity index is 573. The number of thiazole rings is 1. The number of amides is 1. The number of hydrogen-bond donors (Lipinski definition) is 1. The summed E-state index contributed by atoms with van der Waals surface area (Å²) in [4.78, 5) is 18.8. The molecule has 0 spiro atoms. The SMILES string of the molecule is CCN(CC)C(=O)C(C)NC(C)c1nc2ccccc2s1. The number of carbonyl (C=O) groups is 1. The molecule has 2 atom stereocenters. The molecule has 0 aliphatic carbocycles. The fraction of sp³-hybridized carbons (Fsp3) is 0.500. The van der Waals surface area contributed by atoms with Crippen LogP contribution < -0.4 is 5.32 Å². The number of carbonyl (C=O) groups excluding carboxylic acids is 1. The van der Waals surface area contributed by atoms with E-state index >= 15 is 0 Å². The van der Waals surface area contributed by atoms with Gasteiger partial charge in [0.05, 0.1) is 22.3 Å². The summed E-state index contributed by atoms with van der Waals surface area (Å²) in [7, 11) is 0. The summed E-state index contributed by atoms with van der Waals surface area (Å²) < 4.78 is 1.18. The fourth-order valence-electron chi connectivity index (χ4n) is 2.40. The van der Waals surface area contributed by atoms with Crippen molar-refractivity contribution in [3.63, 3.8) is 0 Å². The largest absolute Gasteiger partial charge is 0.342 e. The molecule has 1 heterocycles. The van der Waals surface area contributed by atoms with Crippen LogP contribution in [0.1, 0.15) is 38.7 Å². The van der Waals surface area contributed by atoms with Crippen molar-refractivity contribution in [3.8, 4) is 0 Å². The quantitative estimate of drug-likeness (QED) is 0.891. The molecule has 0 fully saturated rings. The molecule has 5 heteroatoms. The van der Waals surface area contributed by atoms with E-state index in [2.05, 4.69) is 23.3 Å². The Labute approximate surface area is 130 Å². The summed E-state index contributed by atoms with van der Waals surface area (Å²) in [6, 6.07) is 7.98. The molecule has 2 unspecified atom stereocenters. The molecule has 2 aromatic rings. The molecule has 1 aromatic carbocycles. The van der Waals surface area contributed by atoms with Gasteiger partial charge in [-0.2, -0.15) is 0 Å². The second-order valence-corrected chi connectivity index (χ2v) is 6.20. The van der Waals surface area contributed by atoms with Crippen LogP contribution >= 0.6 is 11.3 Å². The third-order valence-corrected chi connectivity index (χ3v) is 4.85. The van der Waals surface area contributed by atoms with Gasteiger partial charge in [0, 0.05) is 13.1 Å². The molecule has 0 bridgehead atoms. The highest BCUT2D eigenvalue weighted by molar-refractivity contribution is 7.18. The summed E-state index contributed by atoms with van der Waals surface area (Å²) in [6.07, 6.45) is 0. The molecule has 0 saturated carbocycles. The van der Waals surface area contributed by atoms with Crippen LogP contribution in [0.4, 0.5) is 0 Å². The van der Waals surface area contributed by atoms with E-state index in [1.54, 1.807) is 11.3 Å². The van der Waals surface area contributed by atoms with Crippen LogP contribution in [0.15, 0.2) is 24.3 Å². The Morgan fingerprint density at radius 1 is 1.29 bits per heavy atom. The Balaban J connectivity index is 2.06. The molecule has 0 radical (unpaired) electrons. The standard InChI is InChI=1S/C16H23N3OS/c1-5-19(6-2)16(20)12(4)17-11(3)15-18-13-9-7-8-10-14(13)21-15/h7-12,17H,5-6H2,1-4H3. The van der Waals surface area contributed by atoms with Crippen LogP contribution in [-0.2, 0) is 4.79 Å². The third kappa shape index (κ3) is 3.60. The average Bonchev–Trinajstić information content (AvgIpc) is 2.92. The van der Waals surface area contributed by atoms with Crippen molar-refractivity contribution in [3.05, 3.63) is 29.3 Å². The van der Waals surface area contributed by atoms with E-state index in [1.807, 2.05) is 43.9 Å². The van der Waals surface area contributed by atoms with E-state index in [0.29, 0.717) is 0 Å². The molecule has 1 amide bonds. The number of nitrogens with one attached hydrogen (secondary N) is 1. The summed E-state index contributed by atoms with van der Waals surface area (Å²) in [5.41, 5.74) is 1.02. The van der Waals surface area contributed by atoms with E-state index in [-0.39, 0.29) is 18.0 Å². The Morgan fingerprint density at radius 2 is 1.95 bits per heavy atom. The molecular weight excluding hydrogens is 282 g/mol. The second-order valence-electron chi connectivity index (χ2n) is 5.14. The molecule has 1 N–H and O–H groups in total. The summed E-state index contributed by atoms with van der Waals surface area (Å²) >= 11 is 1.68. The number of fused-ring (bicyclic) bond motifs is 1. The minimum Gasteiger partial charge on any atom is -0.342 e. The number of para-hydroxylation sites is 1. The van der Waals surface area contributed by atoms with Gasteiger partial charge in [0.2, 0.25) is 5.91 Å². The van der Waals surface area contributed by atoms with Gasteiger partial charge < -0.3 is 4.90 Å². The first kappa shape index (κ1) is 15.9. The van der Waals surface area contributed by atoms with Gasteiger partial charge in [0.25, 0.3) is 0 Å².